The normalized spacial score (nSPS) is 13.0. The van der Waals surface area contributed by atoms with E-state index in [1.807, 2.05) is 24.3 Å². The van der Waals surface area contributed by atoms with E-state index in [0.29, 0.717) is 11.1 Å². The molecule has 0 unspecified atom stereocenters. The summed E-state index contributed by atoms with van der Waals surface area (Å²) in [7, 11) is 0. The Kier molecular flexibility index (Phi) is 10.3. The first-order valence-electron chi connectivity index (χ1n) is 25.9. The lowest BCUT2D eigenvalue weighted by Gasteiger charge is -2.33. The molecule has 0 N–H and O–H groups in total. The molecule has 0 bridgehead atoms. The second-order valence-electron chi connectivity index (χ2n) is 22.4. The fraction of sp³-hybridized carbons (Fsp3) is 0.127. The lowest BCUT2D eigenvalue weighted by Crippen LogP contribution is -2.26. The molecular weight excluding hydrogens is 909 g/mol. The van der Waals surface area contributed by atoms with E-state index in [9.17, 15) is 10.5 Å². The first-order chi connectivity index (χ1) is 36.3. The number of nitriles is 2. The molecule has 0 radical (unpaired) electrons. The van der Waals surface area contributed by atoms with Crippen molar-refractivity contribution in [1.82, 2.24) is 0 Å². The van der Waals surface area contributed by atoms with Crippen LogP contribution in [0.4, 0.5) is 34.1 Å². The number of anilines is 6. The van der Waals surface area contributed by atoms with Gasteiger partial charge in [0.05, 0.1) is 28.7 Å². The molecule has 358 valence electrons. The summed E-state index contributed by atoms with van der Waals surface area (Å²) in [6.07, 6.45) is 0. The highest BCUT2D eigenvalue weighted by Gasteiger charge is 2.52. The SMILES string of the molecule is CC(C)(C)c1ccc(N(c2ccc(C#N)cc2)c2ccc3c(c2)C2(c4ccccc4-c4cc5c6ccccc6c6ccccc6c5cc42)c2cc(N(c4ccc(C#N)cc4)c4ccc(C(C)(C)C)cc4)ccc2-3)cc1. The standard InChI is InChI=1S/C71H54N4/c1-69(2,3)47-23-31-51(32-24-47)74(49-27-19-45(43-72)20-28-49)53-35-37-60-61-38-36-54(75(50-29-21-46(44-73)22-30-50)52-33-25-48(26-34-52)70(4,5)6)40-67(61)71(66(60)39-53)65-18-12-11-17-59(65)64-41-62-57-15-9-7-13-55(57)56-14-8-10-16-58(56)63(62)42-68(64)71/h7-42H,1-6H3. The summed E-state index contributed by atoms with van der Waals surface area (Å²) in [5.74, 6) is 0. The van der Waals surface area contributed by atoms with Crippen LogP contribution in [0.25, 0.3) is 54.6 Å². The average Bonchev–Trinajstić information content (AvgIpc) is 3.90. The van der Waals surface area contributed by atoms with Crippen LogP contribution in [0, 0.1) is 22.7 Å². The molecule has 2 aliphatic carbocycles. The molecule has 75 heavy (non-hydrogen) atoms. The van der Waals surface area contributed by atoms with Gasteiger partial charge in [0.2, 0.25) is 0 Å². The molecule has 13 rings (SSSR count). The van der Waals surface area contributed by atoms with Crippen molar-refractivity contribution in [1.29, 1.82) is 10.5 Å². The van der Waals surface area contributed by atoms with E-state index in [1.165, 1.54) is 88.0 Å². The van der Waals surface area contributed by atoms with Gasteiger partial charge in [0.1, 0.15) is 0 Å². The minimum atomic E-state index is -0.748. The van der Waals surface area contributed by atoms with E-state index in [-0.39, 0.29) is 10.8 Å². The third-order valence-corrected chi connectivity index (χ3v) is 16.0. The van der Waals surface area contributed by atoms with Gasteiger partial charge in [-0.2, -0.15) is 10.5 Å². The molecule has 0 saturated heterocycles. The first kappa shape index (κ1) is 45.6. The second-order valence-corrected chi connectivity index (χ2v) is 22.4. The van der Waals surface area contributed by atoms with Crippen LogP contribution in [0.1, 0.15) is 86.1 Å². The highest BCUT2D eigenvalue weighted by Crippen LogP contribution is 2.65. The summed E-state index contributed by atoms with van der Waals surface area (Å²) in [6, 6.07) is 84.5. The van der Waals surface area contributed by atoms with E-state index in [1.54, 1.807) is 0 Å². The van der Waals surface area contributed by atoms with Gasteiger partial charge in [-0.3, -0.25) is 0 Å². The summed E-state index contributed by atoms with van der Waals surface area (Å²) >= 11 is 0. The third kappa shape index (κ3) is 7.09. The number of nitrogens with zero attached hydrogens (tertiary/aromatic N) is 4. The first-order valence-corrected chi connectivity index (χ1v) is 25.9. The zero-order chi connectivity index (χ0) is 51.4. The van der Waals surface area contributed by atoms with E-state index in [0.717, 1.165) is 34.1 Å². The molecule has 0 aliphatic heterocycles. The zero-order valence-corrected chi connectivity index (χ0v) is 43.1. The van der Waals surface area contributed by atoms with Crippen LogP contribution in [0.2, 0.25) is 0 Å². The van der Waals surface area contributed by atoms with Crippen molar-refractivity contribution in [3.8, 4) is 34.4 Å². The Morgan fingerprint density at radius 1 is 0.307 bits per heavy atom. The maximum absolute atomic E-state index is 9.92. The topological polar surface area (TPSA) is 54.1 Å². The molecular formula is C71H54N4. The fourth-order valence-electron chi connectivity index (χ4n) is 12.3. The number of hydrogen-bond acceptors (Lipinski definition) is 4. The molecule has 0 amide bonds. The predicted octanol–water partition coefficient (Wildman–Crippen LogP) is 18.8. The van der Waals surface area contributed by atoms with E-state index < -0.39 is 5.41 Å². The zero-order valence-electron chi connectivity index (χ0n) is 43.1. The second kappa shape index (κ2) is 16.9. The number of fused-ring (bicyclic) bond motifs is 16. The van der Waals surface area contributed by atoms with Gasteiger partial charge in [-0.15, -0.1) is 0 Å². The van der Waals surface area contributed by atoms with Gasteiger partial charge in [0, 0.05) is 34.1 Å². The highest BCUT2D eigenvalue weighted by molar-refractivity contribution is 6.26. The number of rotatable bonds is 6. The Morgan fingerprint density at radius 3 is 1.05 bits per heavy atom. The Morgan fingerprint density at radius 2 is 0.640 bits per heavy atom. The van der Waals surface area contributed by atoms with Crippen LogP contribution in [0.15, 0.2) is 218 Å². The monoisotopic (exact) mass is 962 g/mol. The Balaban J connectivity index is 1.12. The lowest BCUT2D eigenvalue weighted by atomic mass is 9.70. The minimum Gasteiger partial charge on any atom is -0.310 e. The highest BCUT2D eigenvalue weighted by atomic mass is 15.1. The quantitative estimate of drug-likeness (QED) is 0.156. The van der Waals surface area contributed by atoms with Crippen molar-refractivity contribution in [2.75, 3.05) is 9.80 Å². The number of benzene rings is 11. The molecule has 0 aromatic heterocycles. The van der Waals surface area contributed by atoms with Crippen molar-refractivity contribution >= 4 is 66.4 Å². The molecule has 0 saturated carbocycles. The molecule has 11 aromatic rings. The van der Waals surface area contributed by atoms with Gasteiger partial charge < -0.3 is 9.80 Å². The maximum Gasteiger partial charge on any atom is 0.0991 e. The molecule has 0 atom stereocenters. The molecule has 11 aromatic carbocycles. The van der Waals surface area contributed by atoms with Crippen molar-refractivity contribution in [2.24, 2.45) is 0 Å². The van der Waals surface area contributed by atoms with Crippen LogP contribution in [0.5, 0.6) is 0 Å². The number of hydrogen-bond donors (Lipinski definition) is 0. The Hall–Kier alpha value is -9.22. The molecule has 4 heteroatoms. The molecule has 0 fully saturated rings. The van der Waals surface area contributed by atoms with E-state index in [4.69, 9.17) is 0 Å². The van der Waals surface area contributed by atoms with Crippen LogP contribution < -0.4 is 9.80 Å². The summed E-state index contributed by atoms with van der Waals surface area (Å²) in [6.45, 7) is 13.5. The smallest absolute Gasteiger partial charge is 0.0991 e. The van der Waals surface area contributed by atoms with Gasteiger partial charge in [0.15, 0.2) is 0 Å². The van der Waals surface area contributed by atoms with Crippen LogP contribution in [-0.4, -0.2) is 0 Å². The molecule has 0 heterocycles. The van der Waals surface area contributed by atoms with Crippen LogP contribution >= 0.6 is 0 Å². The van der Waals surface area contributed by atoms with Gasteiger partial charge in [-0.05, 0) is 208 Å². The summed E-state index contributed by atoms with van der Waals surface area (Å²) in [4.78, 5) is 4.68. The fourth-order valence-corrected chi connectivity index (χ4v) is 12.3. The Labute approximate surface area is 439 Å². The van der Waals surface area contributed by atoms with Crippen LogP contribution in [0.3, 0.4) is 0 Å². The van der Waals surface area contributed by atoms with Crippen molar-refractivity contribution in [2.45, 2.75) is 57.8 Å². The van der Waals surface area contributed by atoms with Crippen molar-refractivity contribution < 1.29 is 0 Å². The predicted molar refractivity (Wildman–Crippen MR) is 311 cm³/mol. The lowest BCUT2D eigenvalue weighted by molar-refractivity contribution is 0.590. The Bertz CT molecular complexity index is 4030. The van der Waals surface area contributed by atoms with Crippen molar-refractivity contribution in [3.05, 3.63) is 263 Å². The van der Waals surface area contributed by atoms with Crippen LogP contribution in [-0.2, 0) is 16.2 Å². The summed E-state index contributed by atoms with van der Waals surface area (Å²) in [5, 5.41) is 27.3. The molecule has 1 spiro atoms. The minimum absolute atomic E-state index is 0.0149. The van der Waals surface area contributed by atoms with E-state index in [2.05, 4.69) is 258 Å². The largest absolute Gasteiger partial charge is 0.310 e. The average molecular weight is 963 g/mol. The van der Waals surface area contributed by atoms with Gasteiger partial charge in [0.25, 0.3) is 0 Å². The van der Waals surface area contributed by atoms with Crippen molar-refractivity contribution in [3.63, 3.8) is 0 Å². The van der Waals surface area contributed by atoms with Gasteiger partial charge in [-0.1, -0.05) is 151 Å². The molecule has 2 aliphatic rings. The maximum atomic E-state index is 9.92. The van der Waals surface area contributed by atoms with Gasteiger partial charge >= 0.3 is 0 Å². The molecule has 4 nitrogen and oxygen atoms in total. The van der Waals surface area contributed by atoms with E-state index >= 15 is 0 Å². The summed E-state index contributed by atoms with van der Waals surface area (Å²) in [5.41, 5.74) is 18.8. The third-order valence-electron chi connectivity index (χ3n) is 16.0. The summed E-state index contributed by atoms with van der Waals surface area (Å²) < 4.78 is 0. The van der Waals surface area contributed by atoms with Gasteiger partial charge in [-0.25, -0.2) is 0 Å².